The number of benzene rings is 1. The van der Waals surface area contributed by atoms with Crippen molar-refractivity contribution in [3.05, 3.63) is 53.0 Å². The van der Waals surface area contributed by atoms with Gasteiger partial charge in [0, 0.05) is 44.1 Å². The predicted octanol–water partition coefficient (Wildman–Crippen LogP) is 1.68. The number of nitrogens with zero attached hydrogens (tertiary/aromatic N) is 5. The summed E-state index contributed by atoms with van der Waals surface area (Å²) in [6.07, 6.45) is 3.05. The van der Waals surface area contributed by atoms with E-state index in [1.807, 2.05) is 18.2 Å². The molecule has 0 N–H and O–H groups in total. The van der Waals surface area contributed by atoms with Crippen molar-refractivity contribution >= 4 is 34.2 Å². The highest BCUT2D eigenvalue weighted by Gasteiger charge is 2.24. The third-order valence-corrected chi connectivity index (χ3v) is 5.28. The van der Waals surface area contributed by atoms with Crippen LogP contribution in [0.3, 0.4) is 0 Å². The van der Waals surface area contributed by atoms with Crippen LogP contribution < -0.4 is 14.5 Å². The molecule has 0 aliphatic carbocycles. The van der Waals surface area contributed by atoms with Crippen molar-refractivity contribution in [3.8, 4) is 5.75 Å². The Balaban J connectivity index is 1.42. The maximum absolute atomic E-state index is 12.7. The van der Waals surface area contributed by atoms with Crippen LogP contribution in [-0.4, -0.2) is 53.8 Å². The van der Waals surface area contributed by atoms with Crippen molar-refractivity contribution in [1.82, 2.24) is 14.6 Å². The monoisotopic (exact) mass is 401 g/mol. The van der Waals surface area contributed by atoms with Crippen molar-refractivity contribution in [2.75, 3.05) is 38.2 Å². The van der Waals surface area contributed by atoms with Crippen molar-refractivity contribution < 1.29 is 14.4 Å². The molecule has 8 nitrogen and oxygen atoms in total. The number of aromatic nitrogens is 3. The lowest BCUT2D eigenvalue weighted by atomic mass is 10.2. The highest BCUT2D eigenvalue weighted by molar-refractivity contribution is 6.32. The minimum absolute atomic E-state index is 0.0290. The van der Waals surface area contributed by atoms with Gasteiger partial charge in [0.1, 0.15) is 5.75 Å². The van der Waals surface area contributed by atoms with Crippen LogP contribution in [0.15, 0.2) is 42.7 Å². The Hall–Kier alpha value is -3.00. The summed E-state index contributed by atoms with van der Waals surface area (Å²) < 4.78 is 6.63. The second-order valence-electron chi connectivity index (χ2n) is 6.59. The molecule has 9 heteroatoms. The van der Waals surface area contributed by atoms with Gasteiger partial charge in [-0.3, -0.25) is 4.79 Å². The fraction of sp³-hybridized carbons (Fsp3) is 0.316. The first-order valence-electron chi connectivity index (χ1n) is 8.97. The van der Waals surface area contributed by atoms with E-state index in [1.54, 1.807) is 30.3 Å². The van der Waals surface area contributed by atoms with Crippen LogP contribution >= 0.6 is 11.6 Å². The first kappa shape index (κ1) is 18.4. The molecule has 0 bridgehead atoms. The van der Waals surface area contributed by atoms with Gasteiger partial charge in [-0.05, 0) is 24.3 Å². The molecule has 4 rings (SSSR count). The van der Waals surface area contributed by atoms with E-state index in [4.69, 9.17) is 16.3 Å². The Labute approximate surface area is 167 Å². The summed E-state index contributed by atoms with van der Waals surface area (Å²) in [6.45, 7) is 2.51. The maximum atomic E-state index is 12.7. The van der Waals surface area contributed by atoms with E-state index in [0.29, 0.717) is 52.8 Å². The van der Waals surface area contributed by atoms with Gasteiger partial charge in [0.2, 0.25) is 17.8 Å². The molecule has 0 saturated carbocycles. The summed E-state index contributed by atoms with van der Waals surface area (Å²) in [5, 5.41) is 13.4. The number of carbonyl (C=O) groups excluding carboxylic acids is 1. The molecule has 1 aliphatic heterocycles. The van der Waals surface area contributed by atoms with Gasteiger partial charge in [0.25, 0.3) is 0 Å². The highest BCUT2D eigenvalue weighted by atomic mass is 35.5. The Bertz CT molecular complexity index is 1010. The second-order valence-corrected chi connectivity index (χ2v) is 7.00. The molecule has 1 saturated heterocycles. The number of anilines is 1. The number of pyridine rings is 1. The van der Waals surface area contributed by atoms with Gasteiger partial charge in [-0.25, -0.2) is 4.98 Å². The zero-order valence-electron chi connectivity index (χ0n) is 15.4. The van der Waals surface area contributed by atoms with E-state index in [9.17, 15) is 10.0 Å². The lowest BCUT2D eigenvalue weighted by Gasteiger charge is -2.36. The summed E-state index contributed by atoms with van der Waals surface area (Å²) in [5.74, 6) is 0.533. The van der Waals surface area contributed by atoms with E-state index < -0.39 is 0 Å². The summed E-state index contributed by atoms with van der Waals surface area (Å²) >= 11 is 6.09. The molecule has 3 heterocycles. The molecule has 0 atom stereocenters. The van der Waals surface area contributed by atoms with Crippen molar-refractivity contribution in [2.24, 2.45) is 0 Å². The molecular formula is C19H20ClN5O3. The number of halogens is 1. The van der Waals surface area contributed by atoms with E-state index in [0.717, 1.165) is 5.69 Å². The number of fused-ring (bicyclic) bond motifs is 1. The largest absolute Gasteiger partial charge is 0.596 e. The van der Waals surface area contributed by atoms with Gasteiger partial charge in [-0.2, -0.15) is 0 Å². The Morgan fingerprint density at radius 2 is 2.07 bits per heavy atom. The topological polar surface area (TPSA) is 77.5 Å². The lowest BCUT2D eigenvalue weighted by Crippen LogP contribution is -2.51. The molecule has 1 amide bonds. The summed E-state index contributed by atoms with van der Waals surface area (Å²) in [7, 11) is 1.59. The smallest absolute Gasteiger partial charge is 0.248 e. The fourth-order valence-corrected chi connectivity index (χ4v) is 3.63. The molecule has 2 aromatic heterocycles. The zero-order valence-corrected chi connectivity index (χ0v) is 16.2. The Morgan fingerprint density at radius 1 is 1.29 bits per heavy atom. The molecule has 146 valence electrons. The number of piperazine rings is 1. The number of carbonyl (C=O) groups is 1. The van der Waals surface area contributed by atoms with Crippen molar-refractivity contribution in [1.29, 1.82) is 0 Å². The van der Waals surface area contributed by atoms with Crippen molar-refractivity contribution in [2.45, 2.75) is 6.54 Å². The van der Waals surface area contributed by atoms with Gasteiger partial charge in [-0.1, -0.05) is 16.4 Å². The van der Waals surface area contributed by atoms with Gasteiger partial charge < -0.3 is 19.7 Å². The summed E-state index contributed by atoms with van der Waals surface area (Å²) in [5.41, 5.74) is 1.52. The molecule has 1 fully saturated rings. The van der Waals surface area contributed by atoms with E-state index >= 15 is 0 Å². The number of hydrogen-bond acceptors (Lipinski definition) is 5. The van der Waals surface area contributed by atoms with Gasteiger partial charge in [-0.15, -0.1) is 4.68 Å². The summed E-state index contributed by atoms with van der Waals surface area (Å²) in [6, 6.07) is 9.22. The fourth-order valence-electron chi connectivity index (χ4n) is 3.44. The predicted molar refractivity (Wildman–Crippen MR) is 105 cm³/mol. The van der Waals surface area contributed by atoms with Crippen LogP contribution in [0.4, 0.5) is 5.69 Å². The summed E-state index contributed by atoms with van der Waals surface area (Å²) in [4.78, 5) is 21.6. The lowest BCUT2D eigenvalue weighted by molar-refractivity contribution is -0.690. The SMILES string of the molecule is COc1cc(N2CCN(C(=O)Cn3c4ncccc4c[n+]3[O-])CC2)ccc1Cl. The average Bonchev–Trinajstić information content (AvgIpc) is 3.03. The number of hydrogen-bond donors (Lipinski definition) is 0. The second kappa shape index (κ2) is 7.55. The minimum Gasteiger partial charge on any atom is -0.596 e. The van der Waals surface area contributed by atoms with Crippen LogP contribution in [0.5, 0.6) is 5.75 Å². The zero-order chi connectivity index (χ0) is 19.7. The van der Waals surface area contributed by atoms with Gasteiger partial charge in [0.15, 0.2) is 6.54 Å². The first-order valence-corrected chi connectivity index (χ1v) is 9.34. The molecule has 28 heavy (non-hydrogen) atoms. The molecular weight excluding hydrogens is 382 g/mol. The van der Waals surface area contributed by atoms with Crippen LogP contribution in [-0.2, 0) is 11.3 Å². The van der Waals surface area contributed by atoms with E-state index in [1.165, 1.54) is 10.9 Å². The van der Waals surface area contributed by atoms with Crippen LogP contribution in [0.1, 0.15) is 0 Å². The molecule has 0 unspecified atom stereocenters. The van der Waals surface area contributed by atoms with Gasteiger partial charge in [0.05, 0.1) is 17.5 Å². The van der Waals surface area contributed by atoms with E-state index in [2.05, 4.69) is 9.88 Å². The number of ether oxygens (including phenoxy) is 1. The molecule has 3 aromatic rings. The van der Waals surface area contributed by atoms with E-state index in [-0.39, 0.29) is 12.5 Å². The normalized spacial score (nSPS) is 14.5. The van der Waals surface area contributed by atoms with Crippen LogP contribution in [0, 0.1) is 5.21 Å². The average molecular weight is 402 g/mol. The molecule has 1 aromatic carbocycles. The number of methoxy groups -OCH3 is 1. The first-order chi connectivity index (χ1) is 13.6. The third-order valence-electron chi connectivity index (χ3n) is 4.97. The standard InChI is InChI=1S/C19H20ClN5O3/c1-28-17-11-15(4-5-16(17)20)22-7-9-23(10-8-22)18(26)13-24-19-14(12-25(24)27)3-2-6-21-19/h2-6,11-12H,7-10,13H2,1H3. The minimum atomic E-state index is -0.0962. The highest BCUT2D eigenvalue weighted by Crippen LogP contribution is 2.29. The quantitative estimate of drug-likeness (QED) is 0.491. The molecule has 0 spiro atoms. The molecule has 0 radical (unpaired) electrons. The van der Waals surface area contributed by atoms with Crippen LogP contribution in [0.2, 0.25) is 5.02 Å². The van der Waals surface area contributed by atoms with Crippen molar-refractivity contribution in [3.63, 3.8) is 0 Å². The molecule has 1 aliphatic rings. The number of amides is 1. The third kappa shape index (κ3) is 3.43. The van der Waals surface area contributed by atoms with Gasteiger partial charge >= 0.3 is 0 Å². The Kier molecular flexibility index (Phi) is 4.95. The Morgan fingerprint density at radius 3 is 2.82 bits per heavy atom. The number of rotatable bonds is 4. The van der Waals surface area contributed by atoms with Crippen LogP contribution in [0.25, 0.3) is 11.0 Å². The maximum Gasteiger partial charge on any atom is 0.248 e.